The Hall–Kier alpha value is -1.78. The lowest BCUT2D eigenvalue weighted by Crippen LogP contribution is -2.35. The summed E-state index contributed by atoms with van der Waals surface area (Å²) in [7, 11) is 0. The van der Waals surface area contributed by atoms with Crippen molar-refractivity contribution >= 4 is 18.3 Å². The Balaban J connectivity index is 0.00000182. The molecule has 1 unspecified atom stereocenters. The third-order valence-electron chi connectivity index (χ3n) is 5.22. The molecule has 25 heavy (non-hydrogen) atoms. The maximum atomic E-state index is 12.5. The standard InChI is InChI=1S/C20H24N2O2.ClH/c23-20(7-6-15-8-10-21-13-15)22-11-9-17-12-18(24-19(17)14-22)16-4-2-1-3-5-16;/h1-5,12,15,21H,6-11,13-14H2;1H. The maximum absolute atomic E-state index is 12.5. The molecule has 1 fully saturated rings. The molecule has 1 amide bonds. The van der Waals surface area contributed by atoms with Crippen molar-refractivity contribution in [3.05, 3.63) is 47.7 Å². The molecule has 3 heterocycles. The Labute approximate surface area is 155 Å². The van der Waals surface area contributed by atoms with E-state index < -0.39 is 0 Å². The predicted molar refractivity (Wildman–Crippen MR) is 101 cm³/mol. The first kappa shape index (κ1) is 18.0. The molecule has 2 aliphatic heterocycles. The molecule has 1 saturated heterocycles. The maximum Gasteiger partial charge on any atom is 0.222 e. The predicted octanol–water partition coefficient (Wildman–Crippen LogP) is 3.64. The van der Waals surface area contributed by atoms with Crippen LogP contribution in [0.2, 0.25) is 0 Å². The van der Waals surface area contributed by atoms with Gasteiger partial charge in [0.25, 0.3) is 0 Å². The van der Waals surface area contributed by atoms with Crippen LogP contribution >= 0.6 is 12.4 Å². The second kappa shape index (κ2) is 8.07. The fourth-order valence-corrected chi connectivity index (χ4v) is 3.72. The summed E-state index contributed by atoms with van der Waals surface area (Å²) in [4.78, 5) is 14.5. The number of carbonyl (C=O) groups is 1. The van der Waals surface area contributed by atoms with Gasteiger partial charge in [-0.15, -0.1) is 12.4 Å². The number of halogens is 1. The minimum Gasteiger partial charge on any atom is -0.459 e. The lowest BCUT2D eigenvalue weighted by Gasteiger charge is -2.26. The third kappa shape index (κ3) is 4.07. The summed E-state index contributed by atoms with van der Waals surface area (Å²) in [5, 5.41) is 3.37. The second-order valence-corrected chi connectivity index (χ2v) is 6.89. The summed E-state index contributed by atoms with van der Waals surface area (Å²) in [5.41, 5.74) is 2.34. The summed E-state index contributed by atoms with van der Waals surface area (Å²) in [6.07, 6.45) is 3.76. The molecule has 0 radical (unpaired) electrons. The van der Waals surface area contributed by atoms with Crippen LogP contribution in [0.1, 0.15) is 30.6 Å². The SMILES string of the molecule is Cl.O=C(CCC1CCNC1)N1CCc2cc(-c3ccccc3)oc2C1. The Morgan fingerprint density at radius 1 is 1.28 bits per heavy atom. The van der Waals surface area contributed by atoms with Crippen molar-refractivity contribution < 1.29 is 9.21 Å². The van der Waals surface area contributed by atoms with Crippen LogP contribution in [0.15, 0.2) is 40.8 Å². The molecule has 2 aromatic rings. The Bertz CT molecular complexity index is 708. The van der Waals surface area contributed by atoms with E-state index in [-0.39, 0.29) is 18.3 Å². The van der Waals surface area contributed by atoms with Gasteiger partial charge in [0.2, 0.25) is 5.91 Å². The van der Waals surface area contributed by atoms with Gasteiger partial charge in [0.15, 0.2) is 0 Å². The van der Waals surface area contributed by atoms with E-state index in [9.17, 15) is 4.79 Å². The lowest BCUT2D eigenvalue weighted by atomic mass is 10.0. The van der Waals surface area contributed by atoms with Crippen molar-refractivity contribution in [3.63, 3.8) is 0 Å². The number of benzene rings is 1. The molecule has 4 rings (SSSR count). The summed E-state index contributed by atoms with van der Waals surface area (Å²) in [6.45, 7) is 3.59. The molecule has 1 atom stereocenters. The van der Waals surface area contributed by atoms with E-state index in [1.165, 1.54) is 12.0 Å². The van der Waals surface area contributed by atoms with Gasteiger partial charge in [-0.3, -0.25) is 4.79 Å². The summed E-state index contributed by atoms with van der Waals surface area (Å²) < 4.78 is 6.05. The average Bonchev–Trinajstić information content (AvgIpc) is 3.29. The first-order valence-electron chi connectivity index (χ1n) is 8.95. The molecule has 0 spiro atoms. The Kier molecular flexibility index (Phi) is 5.82. The van der Waals surface area contributed by atoms with Gasteiger partial charge in [-0.2, -0.15) is 0 Å². The molecule has 5 heteroatoms. The van der Waals surface area contributed by atoms with Crippen LogP contribution < -0.4 is 5.32 Å². The average molecular weight is 361 g/mol. The van der Waals surface area contributed by atoms with E-state index >= 15 is 0 Å². The van der Waals surface area contributed by atoms with Gasteiger partial charge in [-0.1, -0.05) is 30.3 Å². The minimum atomic E-state index is 0. The fourth-order valence-electron chi connectivity index (χ4n) is 3.72. The van der Waals surface area contributed by atoms with Gasteiger partial charge in [-0.05, 0) is 49.9 Å². The zero-order chi connectivity index (χ0) is 16.4. The highest BCUT2D eigenvalue weighted by molar-refractivity contribution is 5.85. The highest BCUT2D eigenvalue weighted by Gasteiger charge is 2.25. The van der Waals surface area contributed by atoms with E-state index in [2.05, 4.69) is 23.5 Å². The van der Waals surface area contributed by atoms with E-state index in [0.717, 1.165) is 49.6 Å². The van der Waals surface area contributed by atoms with Gasteiger partial charge < -0.3 is 14.6 Å². The number of hydrogen-bond acceptors (Lipinski definition) is 3. The van der Waals surface area contributed by atoms with Crippen LogP contribution in [0.5, 0.6) is 0 Å². The van der Waals surface area contributed by atoms with E-state index in [4.69, 9.17) is 4.42 Å². The molecular formula is C20H25ClN2O2. The zero-order valence-electron chi connectivity index (χ0n) is 14.4. The number of nitrogens with one attached hydrogen (secondary N) is 1. The number of carbonyl (C=O) groups excluding carboxylic acids is 1. The first-order valence-corrected chi connectivity index (χ1v) is 8.95. The van der Waals surface area contributed by atoms with Crippen molar-refractivity contribution in [3.8, 4) is 11.3 Å². The molecule has 2 aliphatic rings. The lowest BCUT2D eigenvalue weighted by molar-refractivity contribution is -0.132. The summed E-state index contributed by atoms with van der Waals surface area (Å²) in [6, 6.07) is 12.3. The molecule has 1 aromatic carbocycles. The van der Waals surface area contributed by atoms with Crippen molar-refractivity contribution in [2.45, 2.75) is 32.2 Å². The number of rotatable bonds is 4. The topological polar surface area (TPSA) is 45.5 Å². The van der Waals surface area contributed by atoms with E-state index in [0.29, 0.717) is 18.9 Å². The van der Waals surface area contributed by atoms with Gasteiger partial charge in [0, 0.05) is 18.5 Å². The van der Waals surface area contributed by atoms with Crippen LogP contribution in [0.25, 0.3) is 11.3 Å². The molecule has 0 bridgehead atoms. The van der Waals surface area contributed by atoms with Crippen LogP contribution in [0, 0.1) is 5.92 Å². The normalized spacial score (nSPS) is 19.4. The van der Waals surface area contributed by atoms with Crippen molar-refractivity contribution in [2.75, 3.05) is 19.6 Å². The molecule has 0 saturated carbocycles. The van der Waals surface area contributed by atoms with Crippen molar-refractivity contribution in [2.24, 2.45) is 5.92 Å². The van der Waals surface area contributed by atoms with E-state index in [1.807, 2.05) is 23.1 Å². The van der Waals surface area contributed by atoms with Crippen LogP contribution in [-0.2, 0) is 17.8 Å². The molecular weight excluding hydrogens is 336 g/mol. The third-order valence-corrected chi connectivity index (χ3v) is 5.22. The van der Waals surface area contributed by atoms with Crippen LogP contribution in [-0.4, -0.2) is 30.4 Å². The Morgan fingerprint density at radius 2 is 2.12 bits per heavy atom. The summed E-state index contributed by atoms with van der Waals surface area (Å²) >= 11 is 0. The molecule has 134 valence electrons. The number of furan rings is 1. The Morgan fingerprint density at radius 3 is 2.88 bits per heavy atom. The zero-order valence-corrected chi connectivity index (χ0v) is 15.2. The highest BCUT2D eigenvalue weighted by Crippen LogP contribution is 2.29. The number of hydrogen-bond donors (Lipinski definition) is 1. The van der Waals surface area contributed by atoms with Gasteiger partial charge >= 0.3 is 0 Å². The number of nitrogens with zero attached hydrogens (tertiary/aromatic N) is 1. The molecule has 4 nitrogen and oxygen atoms in total. The second-order valence-electron chi connectivity index (χ2n) is 6.89. The smallest absolute Gasteiger partial charge is 0.222 e. The molecule has 0 aliphatic carbocycles. The van der Waals surface area contributed by atoms with Crippen molar-refractivity contribution in [1.82, 2.24) is 10.2 Å². The van der Waals surface area contributed by atoms with Gasteiger partial charge in [0.1, 0.15) is 11.5 Å². The summed E-state index contributed by atoms with van der Waals surface area (Å²) in [5.74, 6) is 2.80. The molecule has 1 aromatic heterocycles. The number of amides is 1. The quantitative estimate of drug-likeness (QED) is 0.905. The largest absolute Gasteiger partial charge is 0.459 e. The van der Waals surface area contributed by atoms with Gasteiger partial charge in [0.05, 0.1) is 6.54 Å². The van der Waals surface area contributed by atoms with Crippen molar-refractivity contribution in [1.29, 1.82) is 0 Å². The van der Waals surface area contributed by atoms with Crippen LogP contribution in [0.3, 0.4) is 0 Å². The van der Waals surface area contributed by atoms with Gasteiger partial charge in [-0.25, -0.2) is 0 Å². The van der Waals surface area contributed by atoms with Crippen LogP contribution in [0.4, 0.5) is 0 Å². The monoisotopic (exact) mass is 360 g/mol. The van der Waals surface area contributed by atoms with E-state index in [1.54, 1.807) is 0 Å². The highest BCUT2D eigenvalue weighted by atomic mass is 35.5. The minimum absolute atomic E-state index is 0. The number of fused-ring (bicyclic) bond motifs is 1. The first-order chi connectivity index (χ1) is 11.8. The fraction of sp³-hybridized carbons (Fsp3) is 0.450. The molecule has 1 N–H and O–H groups in total.